The molecule has 150 valence electrons. The molecule has 0 saturated carbocycles. The van der Waals surface area contributed by atoms with Crippen LogP contribution in [0.5, 0.6) is 0 Å². The molecular weight excluding hydrogens is 348 g/mol. The third kappa shape index (κ3) is 6.97. The molecule has 0 spiro atoms. The van der Waals surface area contributed by atoms with E-state index in [0.29, 0.717) is 5.76 Å². The molecule has 2 fully saturated rings. The number of nitrogens with zero attached hydrogens (tertiary/aromatic N) is 2. The molecule has 3 heterocycles. The molecule has 0 aromatic carbocycles. The summed E-state index contributed by atoms with van der Waals surface area (Å²) in [7, 11) is 0. The van der Waals surface area contributed by atoms with Crippen LogP contribution in [0.4, 0.5) is 4.79 Å². The van der Waals surface area contributed by atoms with Gasteiger partial charge < -0.3 is 14.5 Å². The fraction of sp³-hybridized carbons (Fsp3) is 0.684. The van der Waals surface area contributed by atoms with Crippen LogP contribution in [0.1, 0.15) is 25.0 Å². The second kappa shape index (κ2) is 10.4. The Hall–Kier alpha value is -1.90. The molecule has 0 radical (unpaired) electrons. The lowest BCUT2D eigenvalue weighted by Crippen LogP contribution is -2.46. The van der Waals surface area contributed by atoms with E-state index in [-0.39, 0.29) is 19.0 Å². The molecule has 3 rings (SSSR count). The van der Waals surface area contributed by atoms with Crippen molar-refractivity contribution in [2.24, 2.45) is 5.92 Å². The first-order valence-electron chi connectivity index (χ1n) is 9.81. The third-order valence-electron chi connectivity index (χ3n) is 5.29. The van der Waals surface area contributed by atoms with Gasteiger partial charge in [-0.2, -0.15) is 0 Å². The smallest absolute Gasteiger partial charge is 0.321 e. The second-order valence-electron chi connectivity index (χ2n) is 7.27. The lowest BCUT2D eigenvalue weighted by molar-refractivity contribution is -0.121. The largest absolute Gasteiger partial charge is 0.467 e. The van der Waals surface area contributed by atoms with E-state index in [0.717, 1.165) is 64.7 Å². The number of carbonyl (C=O) groups is 2. The van der Waals surface area contributed by atoms with Gasteiger partial charge in [0.15, 0.2) is 0 Å². The quantitative estimate of drug-likeness (QED) is 0.737. The molecule has 8 nitrogen and oxygen atoms in total. The first kappa shape index (κ1) is 19.9. The van der Waals surface area contributed by atoms with Crippen molar-refractivity contribution < 1.29 is 18.7 Å². The van der Waals surface area contributed by atoms with Crippen molar-refractivity contribution in [2.75, 3.05) is 52.5 Å². The van der Waals surface area contributed by atoms with Crippen molar-refractivity contribution >= 4 is 11.9 Å². The van der Waals surface area contributed by atoms with Crippen LogP contribution in [0.25, 0.3) is 0 Å². The third-order valence-corrected chi connectivity index (χ3v) is 5.29. The summed E-state index contributed by atoms with van der Waals surface area (Å²) >= 11 is 0. The van der Waals surface area contributed by atoms with Crippen molar-refractivity contribution in [1.82, 2.24) is 20.4 Å². The van der Waals surface area contributed by atoms with Gasteiger partial charge in [0.25, 0.3) is 0 Å². The molecule has 2 N–H and O–H groups in total. The minimum Gasteiger partial charge on any atom is -0.467 e. The summed E-state index contributed by atoms with van der Waals surface area (Å²) in [5.74, 6) is 1.11. The van der Waals surface area contributed by atoms with Crippen LogP contribution in [0, 0.1) is 5.92 Å². The van der Waals surface area contributed by atoms with Gasteiger partial charge in [-0.3, -0.25) is 19.9 Å². The molecule has 0 atom stereocenters. The molecule has 0 aliphatic carbocycles. The van der Waals surface area contributed by atoms with Gasteiger partial charge in [0.2, 0.25) is 5.91 Å². The van der Waals surface area contributed by atoms with E-state index in [2.05, 4.69) is 20.4 Å². The topological polar surface area (TPSA) is 87.0 Å². The number of furan rings is 1. The predicted octanol–water partition coefficient (Wildman–Crippen LogP) is 1.04. The summed E-state index contributed by atoms with van der Waals surface area (Å²) in [4.78, 5) is 28.4. The highest BCUT2D eigenvalue weighted by molar-refractivity contribution is 5.95. The summed E-state index contributed by atoms with van der Waals surface area (Å²) in [5, 5.41) is 4.99. The molecular formula is C19H30N4O4. The van der Waals surface area contributed by atoms with Crippen LogP contribution in [0.3, 0.4) is 0 Å². The minimum absolute atomic E-state index is 0.265. The van der Waals surface area contributed by atoms with E-state index >= 15 is 0 Å². The number of carbonyl (C=O) groups excluding carboxylic acids is 2. The van der Waals surface area contributed by atoms with Gasteiger partial charge in [-0.25, -0.2) is 4.79 Å². The Bertz CT molecular complexity index is 579. The van der Waals surface area contributed by atoms with Crippen molar-refractivity contribution in [1.29, 1.82) is 0 Å². The normalized spacial score (nSPS) is 19.7. The highest BCUT2D eigenvalue weighted by Gasteiger charge is 2.22. The zero-order valence-corrected chi connectivity index (χ0v) is 15.8. The van der Waals surface area contributed by atoms with E-state index in [4.69, 9.17) is 9.15 Å². The first-order chi connectivity index (χ1) is 13.2. The lowest BCUT2D eigenvalue weighted by atomic mass is 9.93. The summed E-state index contributed by atoms with van der Waals surface area (Å²) < 4.78 is 10.5. The Kier molecular flexibility index (Phi) is 7.67. The zero-order chi connectivity index (χ0) is 18.9. The Balaban J connectivity index is 1.26. The number of urea groups is 1. The highest BCUT2D eigenvalue weighted by Crippen LogP contribution is 2.20. The van der Waals surface area contributed by atoms with E-state index in [1.807, 2.05) is 0 Å². The van der Waals surface area contributed by atoms with Crippen LogP contribution in [-0.2, 0) is 16.1 Å². The number of piperidine rings is 1. The Morgan fingerprint density at radius 3 is 2.59 bits per heavy atom. The van der Waals surface area contributed by atoms with Crippen LogP contribution >= 0.6 is 0 Å². The average molecular weight is 378 g/mol. The molecule has 2 aliphatic heterocycles. The molecule has 3 amide bonds. The van der Waals surface area contributed by atoms with Crippen molar-refractivity contribution in [2.45, 2.75) is 25.8 Å². The van der Waals surface area contributed by atoms with E-state index in [9.17, 15) is 9.59 Å². The maximum Gasteiger partial charge on any atom is 0.321 e. The lowest BCUT2D eigenvalue weighted by Gasteiger charge is -2.33. The summed E-state index contributed by atoms with van der Waals surface area (Å²) in [6.07, 6.45) is 4.99. The molecule has 27 heavy (non-hydrogen) atoms. The first-order valence-corrected chi connectivity index (χ1v) is 9.81. The maximum absolute atomic E-state index is 12.0. The van der Waals surface area contributed by atoms with E-state index in [1.165, 1.54) is 6.42 Å². The standard InChI is InChI=1S/C19H30N4O4/c24-18(21-19(25)20-14-17-2-1-11-27-17)15-23-7-4-16(5-8-23)3-6-22-9-12-26-13-10-22/h1-2,11,16H,3-10,12-15H2,(H2,20,21,24,25). The van der Waals surface area contributed by atoms with Crippen LogP contribution in [0.2, 0.25) is 0 Å². The summed E-state index contributed by atoms with van der Waals surface area (Å²) in [6, 6.07) is 3.03. The number of ether oxygens (including phenoxy) is 1. The molecule has 0 unspecified atom stereocenters. The average Bonchev–Trinajstić information content (AvgIpc) is 3.20. The van der Waals surface area contributed by atoms with E-state index in [1.54, 1.807) is 18.4 Å². The number of likely N-dealkylation sites (tertiary alicyclic amines) is 1. The van der Waals surface area contributed by atoms with Crippen LogP contribution in [0.15, 0.2) is 22.8 Å². The number of imide groups is 1. The van der Waals surface area contributed by atoms with Crippen molar-refractivity contribution in [3.8, 4) is 0 Å². The SMILES string of the molecule is O=C(CN1CCC(CCN2CCOCC2)CC1)NC(=O)NCc1ccco1. The number of morpholine rings is 1. The molecule has 8 heteroatoms. The van der Waals surface area contributed by atoms with Gasteiger partial charge in [0, 0.05) is 13.1 Å². The number of rotatable bonds is 7. The van der Waals surface area contributed by atoms with Gasteiger partial charge in [0.05, 0.1) is 32.6 Å². The van der Waals surface area contributed by atoms with Gasteiger partial charge in [-0.15, -0.1) is 0 Å². The minimum atomic E-state index is -0.489. The van der Waals surface area contributed by atoms with Crippen LogP contribution < -0.4 is 10.6 Å². The van der Waals surface area contributed by atoms with Crippen molar-refractivity contribution in [3.05, 3.63) is 24.2 Å². The molecule has 1 aromatic heterocycles. The number of amides is 3. The zero-order valence-electron chi connectivity index (χ0n) is 15.8. The number of hydrogen-bond donors (Lipinski definition) is 2. The fourth-order valence-corrected chi connectivity index (χ4v) is 3.62. The van der Waals surface area contributed by atoms with Gasteiger partial charge >= 0.3 is 6.03 Å². The van der Waals surface area contributed by atoms with Gasteiger partial charge in [-0.1, -0.05) is 0 Å². The Morgan fingerprint density at radius 2 is 1.89 bits per heavy atom. The molecule has 2 saturated heterocycles. The number of hydrogen-bond acceptors (Lipinski definition) is 6. The summed E-state index contributed by atoms with van der Waals surface area (Å²) in [5.41, 5.74) is 0. The Morgan fingerprint density at radius 1 is 1.11 bits per heavy atom. The van der Waals surface area contributed by atoms with Gasteiger partial charge in [-0.05, 0) is 56.9 Å². The predicted molar refractivity (Wildman–Crippen MR) is 100 cm³/mol. The Labute approximate surface area is 160 Å². The van der Waals surface area contributed by atoms with Gasteiger partial charge in [0.1, 0.15) is 5.76 Å². The number of nitrogens with one attached hydrogen (secondary N) is 2. The monoisotopic (exact) mass is 378 g/mol. The molecule has 1 aromatic rings. The fourth-order valence-electron chi connectivity index (χ4n) is 3.62. The van der Waals surface area contributed by atoms with Crippen LogP contribution in [-0.4, -0.2) is 74.2 Å². The van der Waals surface area contributed by atoms with Crippen molar-refractivity contribution in [3.63, 3.8) is 0 Å². The maximum atomic E-state index is 12.0. The highest BCUT2D eigenvalue weighted by atomic mass is 16.5. The van der Waals surface area contributed by atoms with E-state index < -0.39 is 6.03 Å². The molecule has 0 bridgehead atoms. The summed E-state index contributed by atoms with van der Waals surface area (Å²) in [6.45, 7) is 7.28. The molecule has 2 aliphatic rings. The second-order valence-corrected chi connectivity index (χ2v) is 7.27.